The highest BCUT2D eigenvalue weighted by atomic mass is 35.5. The monoisotopic (exact) mass is 586 g/mol. The van der Waals surface area contributed by atoms with Gasteiger partial charge in [0.2, 0.25) is 5.78 Å². The van der Waals surface area contributed by atoms with E-state index in [4.69, 9.17) is 55.9 Å². The standard InChI is InChI=1S/C31H26Cl4O3/c1-30(19-21-3-7-23(32)8-4-21,37-27-15-11-25(34)12-16-27)29(36)31(2,20-22-5-9-24(33)10-6-22)38-28-17-13-26(35)14-18-28/h3-18H,19-20H2,1-2H3. The third kappa shape index (κ3) is 7.24. The van der Waals surface area contributed by atoms with Gasteiger partial charge in [0.25, 0.3) is 0 Å². The van der Waals surface area contributed by atoms with Crippen LogP contribution in [0.25, 0.3) is 0 Å². The molecule has 0 aliphatic heterocycles. The average Bonchev–Trinajstić information content (AvgIpc) is 2.89. The van der Waals surface area contributed by atoms with Crippen molar-refractivity contribution in [2.75, 3.05) is 0 Å². The highest BCUT2D eigenvalue weighted by molar-refractivity contribution is 6.31. The third-order valence-corrected chi connectivity index (χ3v) is 7.19. The maximum atomic E-state index is 14.6. The number of carbonyl (C=O) groups excluding carboxylic acids is 1. The number of Topliss-reactive ketones (excluding diaryl/α,β-unsaturated/α-hetero) is 1. The first-order valence-electron chi connectivity index (χ1n) is 12.0. The Hall–Kier alpha value is -2.69. The molecule has 196 valence electrons. The van der Waals surface area contributed by atoms with Crippen LogP contribution in [0.15, 0.2) is 97.1 Å². The third-order valence-electron chi connectivity index (χ3n) is 6.18. The zero-order chi connectivity index (χ0) is 27.3. The van der Waals surface area contributed by atoms with Gasteiger partial charge in [-0.3, -0.25) is 4.79 Å². The minimum absolute atomic E-state index is 0.236. The summed E-state index contributed by atoms with van der Waals surface area (Å²) in [5.41, 5.74) is -0.844. The molecule has 0 radical (unpaired) electrons. The van der Waals surface area contributed by atoms with E-state index in [1.54, 1.807) is 86.6 Å². The molecular weight excluding hydrogens is 562 g/mol. The maximum absolute atomic E-state index is 14.6. The van der Waals surface area contributed by atoms with Crippen LogP contribution < -0.4 is 9.47 Å². The van der Waals surface area contributed by atoms with E-state index in [-0.39, 0.29) is 18.6 Å². The lowest BCUT2D eigenvalue weighted by Gasteiger charge is -2.38. The summed E-state index contributed by atoms with van der Waals surface area (Å²) in [6.45, 7) is 3.56. The number of ketones is 1. The van der Waals surface area contributed by atoms with Gasteiger partial charge in [-0.05, 0) is 97.8 Å². The Balaban J connectivity index is 1.76. The second kappa shape index (κ2) is 12.0. The summed E-state index contributed by atoms with van der Waals surface area (Å²) in [7, 11) is 0. The minimum Gasteiger partial charge on any atom is -0.479 e. The Morgan fingerprint density at radius 3 is 1.08 bits per heavy atom. The normalized spacial score (nSPS) is 14.3. The molecule has 4 aromatic carbocycles. The number of benzene rings is 4. The Labute approximate surface area is 243 Å². The molecule has 2 atom stereocenters. The fourth-order valence-electron chi connectivity index (χ4n) is 4.39. The number of hydrogen-bond donors (Lipinski definition) is 0. The van der Waals surface area contributed by atoms with E-state index < -0.39 is 11.2 Å². The average molecular weight is 588 g/mol. The van der Waals surface area contributed by atoms with Gasteiger partial charge in [0.1, 0.15) is 11.5 Å². The largest absolute Gasteiger partial charge is 0.479 e. The number of ether oxygens (including phenoxy) is 2. The zero-order valence-electron chi connectivity index (χ0n) is 20.9. The molecular formula is C31H26Cl4O3. The van der Waals surface area contributed by atoms with Crippen LogP contribution in [-0.2, 0) is 17.6 Å². The van der Waals surface area contributed by atoms with Crippen LogP contribution in [0.1, 0.15) is 25.0 Å². The van der Waals surface area contributed by atoms with Gasteiger partial charge in [-0.15, -0.1) is 0 Å². The van der Waals surface area contributed by atoms with E-state index in [9.17, 15) is 4.79 Å². The van der Waals surface area contributed by atoms with Crippen molar-refractivity contribution in [3.05, 3.63) is 128 Å². The molecule has 0 aliphatic carbocycles. The van der Waals surface area contributed by atoms with Gasteiger partial charge in [-0.1, -0.05) is 70.7 Å². The first-order chi connectivity index (χ1) is 18.0. The molecule has 0 N–H and O–H groups in total. The molecule has 2 unspecified atom stereocenters. The van der Waals surface area contributed by atoms with E-state index >= 15 is 0 Å². The van der Waals surface area contributed by atoms with Gasteiger partial charge >= 0.3 is 0 Å². The minimum atomic E-state index is -1.31. The lowest BCUT2D eigenvalue weighted by molar-refractivity contribution is -0.148. The zero-order valence-corrected chi connectivity index (χ0v) is 23.9. The molecule has 0 aromatic heterocycles. The van der Waals surface area contributed by atoms with E-state index in [0.29, 0.717) is 31.6 Å². The van der Waals surface area contributed by atoms with E-state index in [1.807, 2.05) is 24.3 Å². The van der Waals surface area contributed by atoms with E-state index in [1.165, 1.54) is 0 Å². The van der Waals surface area contributed by atoms with Crippen LogP contribution in [0.2, 0.25) is 20.1 Å². The maximum Gasteiger partial charge on any atom is 0.219 e. The van der Waals surface area contributed by atoms with Crippen LogP contribution in [0.5, 0.6) is 11.5 Å². The second-order valence-corrected chi connectivity index (χ2v) is 11.3. The van der Waals surface area contributed by atoms with Crippen LogP contribution in [0.3, 0.4) is 0 Å². The van der Waals surface area contributed by atoms with Crippen molar-refractivity contribution >= 4 is 52.2 Å². The SMILES string of the molecule is CC(Cc1ccc(Cl)cc1)(Oc1ccc(Cl)cc1)C(=O)C(C)(Cc1ccc(Cl)cc1)Oc1ccc(Cl)cc1. The van der Waals surface area contributed by atoms with Crippen LogP contribution in [0, 0.1) is 0 Å². The summed E-state index contributed by atoms with van der Waals surface area (Å²) in [6, 6.07) is 28.6. The fourth-order valence-corrected chi connectivity index (χ4v) is 4.90. The summed E-state index contributed by atoms with van der Waals surface area (Å²) >= 11 is 24.4. The van der Waals surface area contributed by atoms with Crippen molar-refractivity contribution in [3.8, 4) is 11.5 Å². The fraction of sp³-hybridized carbons (Fsp3) is 0.194. The second-order valence-electron chi connectivity index (χ2n) is 9.51. The lowest BCUT2D eigenvalue weighted by Crippen LogP contribution is -2.58. The van der Waals surface area contributed by atoms with Crippen molar-refractivity contribution in [2.45, 2.75) is 37.9 Å². The summed E-state index contributed by atoms with van der Waals surface area (Å²) in [6.07, 6.45) is 0.567. The van der Waals surface area contributed by atoms with Crippen molar-refractivity contribution in [3.63, 3.8) is 0 Å². The Kier molecular flexibility index (Phi) is 8.95. The smallest absolute Gasteiger partial charge is 0.219 e. The summed E-state index contributed by atoms with van der Waals surface area (Å²) in [5, 5.41) is 2.36. The summed E-state index contributed by atoms with van der Waals surface area (Å²) in [5.74, 6) is 0.791. The van der Waals surface area contributed by atoms with E-state index in [2.05, 4.69) is 0 Å². The molecule has 4 aromatic rings. The predicted octanol–water partition coefficient (Wildman–Crippen LogP) is 9.33. The van der Waals surface area contributed by atoms with Gasteiger partial charge in [0, 0.05) is 32.9 Å². The van der Waals surface area contributed by atoms with Crippen molar-refractivity contribution < 1.29 is 14.3 Å². The molecule has 0 bridgehead atoms. The quantitative estimate of drug-likeness (QED) is 0.185. The van der Waals surface area contributed by atoms with Gasteiger partial charge in [0.05, 0.1) is 0 Å². The first-order valence-corrected chi connectivity index (χ1v) is 13.5. The van der Waals surface area contributed by atoms with Gasteiger partial charge < -0.3 is 9.47 Å². The molecule has 0 fully saturated rings. The molecule has 0 amide bonds. The first kappa shape index (κ1) is 28.3. The molecule has 38 heavy (non-hydrogen) atoms. The molecule has 0 saturated carbocycles. The Bertz CT molecular complexity index is 1170. The van der Waals surface area contributed by atoms with Gasteiger partial charge in [-0.2, -0.15) is 0 Å². The highest BCUT2D eigenvalue weighted by Crippen LogP contribution is 2.33. The van der Waals surface area contributed by atoms with E-state index in [0.717, 1.165) is 11.1 Å². The van der Waals surface area contributed by atoms with Crippen LogP contribution >= 0.6 is 46.4 Å². The molecule has 0 spiro atoms. The van der Waals surface area contributed by atoms with Crippen LogP contribution in [0.4, 0.5) is 0 Å². The Morgan fingerprint density at radius 2 is 0.789 bits per heavy atom. The van der Waals surface area contributed by atoms with Crippen molar-refractivity contribution in [1.29, 1.82) is 0 Å². The highest BCUT2D eigenvalue weighted by Gasteiger charge is 2.49. The van der Waals surface area contributed by atoms with Crippen molar-refractivity contribution in [2.24, 2.45) is 0 Å². The lowest BCUT2D eigenvalue weighted by atomic mass is 9.80. The predicted molar refractivity (Wildman–Crippen MR) is 156 cm³/mol. The Morgan fingerprint density at radius 1 is 0.526 bits per heavy atom. The molecule has 0 aliphatic rings. The van der Waals surface area contributed by atoms with Crippen molar-refractivity contribution in [1.82, 2.24) is 0 Å². The molecule has 4 rings (SSSR count). The van der Waals surface area contributed by atoms with Gasteiger partial charge in [0.15, 0.2) is 11.2 Å². The van der Waals surface area contributed by atoms with Gasteiger partial charge in [-0.25, -0.2) is 0 Å². The number of carbonyl (C=O) groups is 1. The number of rotatable bonds is 10. The molecule has 3 nitrogen and oxygen atoms in total. The van der Waals surface area contributed by atoms with Crippen LogP contribution in [-0.4, -0.2) is 17.0 Å². The number of hydrogen-bond acceptors (Lipinski definition) is 3. The molecule has 0 saturated heterocycles. The summed E-state index contributed by atoms with van der Waals surface area (Å²) in [4.78, 5) is 14.6. The number of halogens is 4. The summed E-state index contributed by atoms with van der Waals surface area (Å²) < 4.78 is 12.9. The topological polar surface area (TPSA) is 35.5 Å². The molecule has 0 heterocycles. The molecule has 7 heteroatoms.